The summed E-state index contributed by atoms with van der Waals surface area (Å²) in [7, 11) is -2.32. The fourth-order valence-electron chi connectivity index (χ4n) is 2.83. The van der Waals surface area contributed by atoms with Crippen LogP contribution in [0, 0.1) is 0 Å². The first kappa shape index (κ1) is 18.2. The van der Waals surface area contributed by atoms with E-state index in [1.165, 1.54) is 17.2 Å². The van der Waals surface area contributed by atoms with Crippen molar-refractivity contribution in [3.8, 4) is 0 Å². The summed E-state index contributed by atoms with van der Waals surface area (Å²) in [6, 6.07) is 0. The summed E-state index contributed by atoms with van der Waals surface area (Å²) in [5.74, 6) is 0.215. The Balaban J connectivity index is 1.83. The van der Waals surface area contributed by atoms with Crippen LogP contribution in [0.3, 0.4) is 0 Å². The molecule has 2 aromatic rings. The van der Waals surface area contributed by atoms with Crippen molar-refractivity contribution in [1.82, 2.24) is 19.5 Å². The molecule has 10 nitrogen and oxygen atoms in total. The van der Waals surface area contributed by atoms with Crippen LogP contribution in [0.1, 0.15) is 26.0 Å². The second-order valence-corrected chi connectivity index (χ2v) is 7.36. The van der Waals surface area contributed by atoms with Gasteiger partial charge in [-0.05, 0) is 6.42 Å². The van der Waals surface area contributed by atoms with E-state index in [1.54, 1.807) is 0 Å². The van der Waals surface area contributed by atoms with Crippen LogP contribution < -0.4 is 5.73 Å². The Morgan fingerprint density at radius 1 is 1.44 bits per heavy atom. The van der Waals surface area contributed by atoms with Gasteiger partial charge in [-0.3, -0.25) is 9.13 Å². The fourth-order valence-corrected chi connectivity index (χ4v) is 4.18. The van der Waals surface area contributed by atoms with E-state index in [0.717, 1.165) is 12.8 Å². The van der Waals surface area contributed by atoms with Gasteiger partial charge >= 0.3 is 0 Å². The number of aliphatic hydroxyl groups excluding tert-OH is 2. The zero-order valence-electron chi connectivity index (χ0n) is 13.8. The maximum Gasteiger partial charge on any atom is 0.192 e. The number of fused-ring (bicyclic) bond motifs is 1. The van der Waals surface area contributed by atoms with Crippen molar-refractivity contribution in [3.05, 3.63) is 12.7 Å². The molecule has 1 saturated heterocycles. The molecule has 4 N–H and O–H groups in total. The van der Waals surface area contributed by atoms with Gasteiger partial charge in [0.25, 0.3) is 0 Å². The first-order chi connectivity index (χ1) is 12.1. The average molecular weight is 371 g/mol. The zero-order chi connectivity index (χ0) is 18.0. The summed E-state index contributed by atoms with van der Waals surface area (Å²) >= 11 is 0. The smallest absolute Gasteiger partial charge is 0.192 e. The molecular weight excluding hydrogens is 349 g/mol. The minimum Gasteiger partial charge on any atom is -0.394 e. The number of anilines is 1. The fraction of sp³-hybridized carbons (Fsp3) is 0.643. The molecule has 25 heavy (non-hydrogen) atoms. The molecule has 3 heterocycles. The Morgan fingerprint density at radius 2 is 2.24 bits per heavy atom. The Labute approximate surface area is 144 Å². The highest BCUT2D eigenvalue weighted by Gasteiger charge is 2.46. The van der Waals surface area contributed by atoms with E-state index in [0.29, 0.717) is 17.3 Å². The third-order valence-corrected chi connectivity index (χ3v) is 5.45. The summed E-state index contributed by atoms with van der Waals surface area (Å²) in [5, 5.41) is 20.2. The summed E-state index contributed by atoms with van der Waals surface area (Å²) in [5.41, 5.74) is 6.55. The molecule has 0 spiro atoms. The molecule has 3 rings (SSSR count). The highest BCUT2D eigenvalue weighted by molar-refractivity contribution is 7.39. The molecule has 3 unspecified atom stereocenters. The maximum absolute atomic E-state index is 12.1. The molecule has 1 aliphatic rings. The number of hydrogen-bond donors (Lipinski definition) is 3. The highest BCUT2D eigenvalue weighted by Crippen LogP contribution is 2.38. The second-order valence-electron chi connectivity index (χ2n) is 5.88. The zero-order valence-corrected chi connectivity index (χ0v) is 14.8. The van der Waals surface area contributed by atoms with Gasteiger partial charge in [0.15, 0.2) is 25.7 Å². The number of nitrogens with two attached hydrogens (primary N) is 1. The molecule has 2 aromatic heterocycles. The predicted octanol–water partition coefficient (Wildman–Crippen LogP) is 0.319. The van der Waals surface area contributed by atoms with Crippen molar-refractivity contribution in [2.75, 3.05) is 18.5 Å². The molecular formula is C14H22N5O5P. The normalized spacial score (nSPS) is 27.8. The first-order valence-electron chi connectivity index (χ1n) is 8.13. The number of aliphatic hydroxyl groups is 2. The Morgan fingerprint density at radius 3 is 2.96 bits per heavy atom. The van der Waals surface area contributed by atoms with E-state index in [2.05, 4.69) is 15.0 Å². The van der Waals surface area contributed by atoms with Gasteiger partial charge in [-0.1, -0.05) is 13.3 Å². The lowest BCUT2D eigenvalue weighted by Gasteiger charge is -2.19. The number of imidazole rings is 1. The Hall–Kier alpha value is -1.58. The lowest BCUT2D eigenvalue weighted by molar-refractivity contribution is -0.0502. The van der Waals surface area contributed by atoms with E-state index < -0.39 is 32.6 Å². The molecule has 0 bridgehead atoms. The topological polar surface area (TPSA) is 146 Å². The second kappa shape index (κ2) is 7.76. The molecule has 138 valence electrons. The lowest BCUT2D eigenvalue weighted by atomic mass is 10.1. The minimum atomic E-state index is -2.32. The van der Waals surface area contributed by atoms with E-state index in [4.69, 9.17) is 15.0 Å². The van der Waals surface area contributed by atoms with Gasteiger partial charge in [-0.25, -0.2) is 15.0 Å². The molecule has 0 amide bonds. The number of nitrogen functional groups attached to an aromatic ring is 1. The summed E-state index contributed by atoms with van der Waals surface area (Å²) in [4.78, 5) is 12.1. The van der Waals surface area contributed by atoms with Crippen molar-refractivity contribution >= 4 is 25.0 Å². The first-order valence-corrected chi connectivity index (χ1v) is 9.66. The molecule has 0 aliphatic carbocycles. The lowest BCUT2D eigenvalue weighted by Crippen LogP contribution is -2.34. The number of ether oxygens (including phenoxy) is 1. The summed E-state index contributed by atoms with van der Waals surface area (Å²) < 4.78 is 24.8. The van der Waals surface area contributed by atoms with E-state index in [-0.39, 0.29) is 12.4 Å². The van der Waals surface area contributed by atoms with Crippen molar-refractivity contribution in [2.45, 2.75) is 44.3 Å². The van der Waals surface area contributed by atoms with Crippen molar-refractivity contribution in [2.24, 2.45) is 0 Å². The maximum atomic E-state index is 12.1. The number of aromatic nitrogens is 4. The van der Waals surface area contributed by atoms with E-state index in [9.17, 15) is 14.8 Å². The van der Waals surface area contributed by atoms with Crippen molar-refractivity contribution in [3.63, 3.8) is 0 Å². The van der Waals surface area contributed by atoms with Gasteiger partial charge in [-0.2, -0.15) is 0 Å². The van der Waals surface area contributed by atoms with Crippen LogP contribution in [0.2, 0.25) is 0 Å². The van der Waals surface area contributed by atoms with Crippen LogP contribution in [-0.4, -0.2) is 60.8 Å². The minimum absolute atomic E-state index is 0.215. The van der Waals surface area contributed by atoms with Crippen LogP contribution >= 0.6 is 8.03 Å². The summed E-state index contributed by atoms with van der Waals surface area (Å²) in [6.07, 6.45) is 1.11. The third-order valence-electron chi connectivity index (χ3n) is 4.15. The SMILES string of the molecule is CCCC[PH](=O)OC1C(O)[C@H](n2cnc3c(N)ncnc32)O[C@@H]1CO. The van der Waals surface area contributed by atoms with Gasteiger partial charge in [0.1, 0.15) is 30.2 Å². The Bertz CT molecular complexity index is 756. The van der Waals surface area contributed by atoms with Gasteiger partial charge in [0.2, 0.25) is 0 Å². The van der Waals surface area contributed by atoms with Crippen LogP contribution in [0.4, 0.5) is 5.82 Å². The summed E-state index contributed by atoms with van der Waals surface area (Å²) in [6.45, 7) is 1.62. The molecule has 0 saturated carbocycles. The molecule has 1 aliphatic heterocycles. The van der Waals surface area contributed by atoms with Crippen molar-refractivity contribution < 1.29 is 24.0 Å². The third kappa shape index (κ3) is 3.54. The standard InChI is InChI=1S/C14H22N5O5P/c1-2-3-4-25(22)24-11-8(5-20)23-14(10(11)21)19-7-18-9-12(15)16-6-17-13(9)19/h6-8,10-11,14,20-21,25H,2-5H2,1H3,(H2,15,16,17)/t8-,10?,11?,14-/m1/s1. The Kier molecular flexibility index (Phi) is 5.65. The van der Waals surface area contributed by atoms with Crippen LogP contribution in [0.5, 0.6) is 0 Å². The van der Waals surface area contributed by atoms with E-state index >= 15 is 0 Å². The van der Waals surface area contributed by atoms with Crippen LogP contribution in [0.25, 0.3) is 11.2 Å². The monoisotopic (exact) mass is 371 g/mol. The molecule has 0 radical (unpaired) electrons. The molecule has 1 fully saturated rings. The molecule has 11 heteroatoms. The quantitative estimate of drug-likeness (QED) is 0.586. The largest absolute Gasteiger partial charge is 0.394 e. The number of nitrogens with zero attached hydrogens (tertiary/aromatic N) is 4. The van der Waals surface area contributed by atoms with Gasteiger partial charge in [0.05, 0.1) is 12.9 Å². The van der Waals surface area contributed by atoms with Crippen LogP contribution in [-0.2, 0) is 13.8 Å². The number of rotatable bonds is 7. The number of hydrogen-bond acceptors (Lipinski definition) is 9. The molecule has 0 aromatic carbocycles. The van der Waals surface area contributed by atoms with E-state index in [1.807, 2.05) is 6.92 Å². The van der Waals surface area contributed by atoms with Gasteiger partial charge < -0.3 is 25.2 Å². The van der Waals surface area contributed by atoms with Gasteiger partial charge in [-0.15, -0.1) is 0 Å². The predicted molar refractivity (Wildman–Crippen MR) is 90.4 cm³/mol. The van der Waals surface area contributed by atoms with Gasteiger partial charge in [0, 0.05) is 6.16 Å². The highest BCUT2D eigenvalue weighted by atomic mass is 31.1. The van der Waals surface area contributed by atoms with Crippen LogP contribution in [0.15, 0.2) is 12.7 Å². The molecule has 5 atom stereocenters. The number of unbranched alkanes of at least 4 members (excludes halogenated alkanes) is 1. The van der Waals surface area contributed by atoms with Crippen molar-refractivity contribution in [1.29, 1.82) is 0 Å². The average Bonchev–Trinajstić information content (AvgIpc) is 3.16.